The molecule has 0 atom stereocenters. The third-order valence-electron chi connectivity index (χ3n) is 2.38. The second kappa shape index (κ2) is 11.7. The maximum Gasteiger partial charge on any atom is 0.508 e. The topological polar surface area (TPSA) is 109 Å². The summed E-state index contributed by atoms with van der Waals surface area (Å²) < 4.78 is 24.1. The van der Waals surface area contributed by atoms with Crippen molar-refractivity contribution < 1.29 is 38.1 Å². The van der Waals surface area contributed by atoms with Crippen LogP contribution in [0, 0.1) is 0 Å². The molecule has 1 N–H and O–H groups in total. The number of esters is 1. The predicted molar refractivity (Wildman–Crippen MR) is 80.0 cm³/mol. The maximum atomic E-state index is 11.6. The van der Waals surface area contributed by atoms with E-state index in [1.807, 2.05) is 0 Å². The number of ether oxygens (including phenoxy) is 5. The zero-order valence-electron chi connectivity index (χ0n) is 12.5. The van der Waals surface area contributed by atoms with Gasteiger partial charge in [-0.05, 0) is 0 Å². The predicted octanol–water partition coefficient (Wildman–Crippen LogP) is 0.684. The van der Waals surface area contributed by atoms with Crippen LogP contribution in [0.25, 0.3) is 0 Å². The zero-order chi connectivity index (χ0) is 16.9. The van der Waals surface area contributed by atoms with Crippen LogP contribution in [0.3, 0.4) is 0 Å². The molecule has 1 rings (SSSR count). The molecule has 0 aliphatic carbocycles. The van der Waals surface area contributed by atoms with Crippen LogP contribution in [0.15, 0.2) is 12.7 Å². The van der Waals surface area contributed by atoms with Gasteiger partial charge in [-0.2, -0.15) is 0 Å². The molecule has 130 valence electrons. The number of nitrogens with one attached hydrogen (secondary N) is 1. The highest BCUT2D eigenvalue weighted by molar-refractivity contribution is 8.13. The average Bonchev–Trinajstić information content (AvgIpc) is 2.56. The van der Waals surface area contributed by atoms with Gasteiger partial charge in [0.05, 0.1) is 19.3 Å². The third-order valence-corrected chi connectivity index (χ3v) is 3.13. The molecule has 1 saturated heterocycles. The number of thioether (sulfide) groups is 1. The first kappa shape index (κ1) is 19.3. The molecule has 1 fully saturated rings. The standard InChI is InChI=1S/C13H19NO8S/c1-2-11(15)20-3-4-21-13(17)22-5-6-23-12(16)14-10-7-18-9-19-8-10/h2,10H,1,3-9H2,(H,14,16). The van der Waals surface area contributed by atoms with Crippen molar-refractivity contribution in [3.05, 3.63) is 12.7 Å². The molecule has 1 aliphatic rings. The molecule has 9 nitrogen and oxygen atoms in total. The molecule has 0 saturated carbocycles. The Morgan fingerprint density at radius 2 is 1.78 bits per heavy atom. The zero-order valence-corrected chi connectivity index (χ0v) is 13.3. The van der Waals surface area contributed by atoms with Gasteiger partial charge in [0.15, 0.2) is 0 Å². The lowest BCUT2D eigenvalue weighted by Crippen LogP contribution is -2.43. The number of carbonyl (C=O) groups is 3. The van der Waals surface area contributed by atoms with Gasteiger partial charge in [0.2, 0.25) is 0 Å². The maximum absolute atomic E-state index is 11.6. The highest BCUT2D eigenvalue weighted by atomic mass is 32.2. The molecule has 23 heavy (non-hydrogen) atoms. The lowest BCUT2D eigenvalue weighted by molar-refractivity contribution is -0.138. The molecule has 1 heterocycles. The van der Waals surface area contributed by atoms with E-state index in [0.29, 0.717) is 13.2 Å². The minimum atomic E-state index is -0.894. The van der Waals surface area contributed by atoms with Crippen molar-refractivity contribution in [2.75, 3.05) is 45.6 Å². The quantitative estimate of drug-likeness (QED) is 0.384. The summed E-state index contributed by atoms with van der Waals surface area (Å²) in [5, 5.41) is 2.46. The fourth-order valence-electron chi connectivity index (χ4n) is 1.41. The van der Waals surface area contributed by atoms with E-state index < -0.39 is 12.1 Å². The van der Waals surface area contributed by atoms with Gasteiger partial charge in [-0.15, -0.1) is 0 Å². The molecule has 0 aromatic carbocycles. The highest BCUT2D eigenvalue weighted by Gasteiger charge is 2.16. The number of carbonyl (C=O) groups excluding carboxylic acids is 3. The molecule has 1 amide bonds. The van der Waals surface area contributed by atoms with Gasteiger partial charge in [0.1, 0.15) is 26.6 Å². The van der Waals surface area contributed by atoms with E-state index in [1.54, 1.807) is 0 Å². The molecule has 0 unspecified atom stereocenters. The summed E-state index contributed by atoms with van der Waals surface area (Å²) >= 11 is 0.973. The fraction of sp³-hybridized carbons (Fsp3) is 0.615. The van der Waals surface area contributed by atoms with Crippen LogP contribution in [0.2, 0.25) is 0 Å². The largest absolute Gasteiger partial charge is 0.508 e. The van der Waals surface area contributed by atoms with Gasteiger partial charge in [-0.3, -0.25) is 4.79 Å². The van der Waals surface area contributed by atoms with Gasteiger partial charge in [-0.25, -0.2) is 9.59 Å². The lowest BCUT2D eigenvalue weighted by atomic mass is 10.3. The summed E-state index contributed by atoms with van der Waals surface area (Å²) in [6.45, 7) is 4.09. The average molecular weight is 349 g/mol. The summed E-state index contributed by atoms with van der Waals surface area (Å²) in [4.78, 5) is 33.4. The van der Waals surface area contributed by atoms with E-state index in [-0.39, 0.29) is 43.6 Å². The van der Waals surface area contributed by atoms with E-state index in [1.165, 1.54) is 0 Å². The third kappa shape index (κ3) is 9.76. The van der Waals surface area contributed by atoms with E-state index >= 15 is 0 Å². The number of hydrogen-bond acceptors (Lipinski definition) is 9. The minimum absolute atomic E-state index is 0.0149. The van der Waals surface area contributed by atoms with Crippen molar-refractivity contribution in [2.45, 2.75) is 6.04 Å². The van der Waals surface area contributed by atoms with E-state index in [9.17, 15) is 14.4 Å². The Bertz CT molecular complexity index is 411. The van der Waals surface area contributed by atoms with Gasteiger partial charge >= 0.3 is 12.1 Å². The molecule has 0 radical (unpaired) electrons. The van der Waals surface area contributed by atoms with Crippen LogP contribution in [0.4, 0.5) is 9.59 Å². The van der Waals surface area contributed by atoms with Gasteiger partial charge < -0.3 is 29.0 Å². The van der Waals surface area contributed by atoms with Crippen molar-refractivity contribution in [3.8, 4) is 0 Å². The Kier molecular flexibility index (Phi) is 9.84. The Balaban J connectivity index is 1.96. The van der Waals surface area contributed by atoms with Crippen molar-refractivity contribution in [2.24, 2.45) is 0 Å². The molecular weight excluding hydrogens is 330 g/mol. The van der Waals surface area contributed by atoms with Crippen molar-refractivity contribution >= 4 is 29.1 Å². The molecule has 1 aliphatic heterocycles. The Morgan fingerprint density at radius 3 is 2.48 bits per heavy atom. The minimum Gasteiger partial charge on any atom is -0.459 e. The smallest absolute Gasteiger partial charge is 0.459 e. The summed E-state index contributed by atoms with van der Waals surface area (Å²) in [5.41, 5.74) is 0. The van der Waals surface area contributed by atoms with Crippen molar-refractivity contribution in [1.29, 1.82) is 0 Å². The molecule has 10 heteroatoms. The van der Waals surface area contributed by atoms with Crippen LogP contribution in [-0.4, -0.2) is 69.0 Å². The second-order valence-corrected chi connectivity index (χ2v) is 5.22. The first-order chi connectivity index (χ1) is 11.1. The monoisotopic (exact) mass is 349 g/mol. The van der Waals surface area contributed by atoms with Crippen LogP contribution < -0.4 is 5.32 Å². The summed E-state index contributed by atoms with van der Waals surface area (Å²) in [7, 11) is 0. The Morgan fingerprint density at radius 1 is 1.13 bits per heavy atom. The van der Waals surface area contributed by atoms with Gasteiger partial charge in [-0.1, -0.05) is 18.3 Å². The van der Waals surface area contributed by atoms with Crippen LogP contribution in [0.1, 0.15) is 0 Å². The molecule has 0 aromatic rings. The fourth-order valence-corrected chi connectivity index (χ4v) is 2.01. The van der Waals surface area contributed by atoms with Crippen molar-refractivity contribution in [3.63, 3.8) is 0 Å². The van der Waals surface area contributed by atoms with Crippen LogP contribution in [-0.2, 0) is 28.5 Å². The van der Waals surface area contributed by atoms with Crippen LogP contribution >= 0.6 is 11.8 Å². The van der Waals surface area contributed by atoms with Crippen molar-refractivity contribution in [1.82, 2.24) is 5.32 Å². The summed E-state index contributed by atoms with van der Waals surface area (Å²) in [6.07, 6.45) is 0.112. The first-order valence-electron chi connectivity index (χ1n) is 6.79. The Labute approximate surface area is 137 Å². The van der Waals surface area contributed by atoms with E-state index in [2.05, 4.69) is 21.4 Å². The second-order valence-electron chi connectivity index (χ2n) is 4.16. The molecule has 0 spiro atoms. The molecule has 0 bridgehead atoms. The Hall–Kier alpha value is -1.78. The molecular formula is C13H19NO8S. The SMILES string of the molecule is C=CC(=O)OCCOC(=O)OCCSC(=O)NC1COCOC1. The number of rotatable bonds is 8. The lowest BCUT2D eigenvalue weighted by Gasteiger charge is -2.22. The van der Waals surface area contributed by atoms with Crippen LogP contribution in [0.5, 0.6) is 0 Å². The van der Waals surface area contributed by atoms with Gasteiger partial charge in [0.25, 0.3) is 5.24 Å². The highest BCUT2D eigenvalue weighted by Crippen LogP contribution is 2.05. The van der Waals surface area contributed by atoms with Gasteiger partial charge in [0, 0.05) is 11.8 Å². The normalized spacial score (nSPS) is 14.6. The summed E-state index contributed by atoms with van der Waals surface area (Å²) in [6, 6.07) is -0.173. The first-order valence-corrected chi connectivity index (χ1v) is 7.78. The van der Waals surface area contributed by atoms with E-state index in [4.69, 9.17) is 14.2 Å². The summed E-state index contributed by atoms with van der Waals surface area (Å²) in [5.74, 6) is -0.320. The van der Waals surface area contributed by atoms with E-state index in [0.717, 1.165) is 17.8 Å². The number of amides is 1. The number of hydrogen-bond donors (Lipinski definition) is 1. The molecule has 0 aromatic heterocycles.